The Balaban J connectivity index is 2.06. The van der Waals surface area contributed by atoms with E-state index >= 15 is 0 Å². The molecule has 0 saturated carbocycles. The molecule has 2 aromatic heterocycles. The summed E-state index contributed by atoms with van der Waals surface area (Å²) in [7, 11) is 0. The van der Waals surface area contributed by atoms with Gasteiger partial charge in [-0.25, -0.2) is 9.97 Å². The molecule has 0 N–H and O–H groups in total. The predicted molar refractivity (Wildman–Crippen MR) is 103 cm³/mol. The minimum Gasteiger partial charge on any atom is -0.477 e. The zero-order chi connectivity index (χ0) is 18.5. The summed E-state index contributed by atoms with van der Waals surface area (Å²) >= 11 is 0. The van der Waals surface area contributed by atoms with Gasteiger partial charge < -0.3 is 9.30 Å². The molecule has 0 amide bonds. The van der Waals surface area contributed by atoms with Crippen molar-refractivity contribution >= 4 is 17.1 Å². The third-order valence-corrected chi connectivity index (χ3v) is 4.01. The van der Waals surface area contributed by atoms with Gasteiger partial charge in [-0.05, 0) is 24.5 Å². The Kier molecular flexibility index (Phi) is 5.33. The molecule has 3 aromatic rings. The van der Waals surface area contributed by atoms with Crippen LogP contribution in [0.4, 0.5) is 0 Å². The fraction of sp³-hybridized carbons (Fsp3) is 0.286. The lowest BCUT2D eigenvalue weighted by molar-refractivity contribution is 0.264. The van der Waals surface area contributed by atoms with Crippen molar-refractivity contribution in [3.63, 3.8) is 0 Å². The highest BCUT2D eigenvalue weighted by Crippen LogP contribution is 2.29. The third-order valence-electron chi connectivity index (χ3n) is 4.01. The van der Waals surface area contributed by atoms with Crippen molar-refractivity contribution in [1.82, 2.24) is 14.5 Å². The average Bonchev–Trinajstić information content (AvgIpc) is 2.98. The highest BCUT2D eigenvalue weighted by atomic mass is 16.5. The van der Waals surface area contributed by atoms with Gasteiger partial charge in [0.1, 0.15) is 12.0 Å². The van der Waals surface area contributed by atoms with Crippen molar-refractivity contribution in [3.05, 3.63) is 59.6 Å². The molecule has 0 atom stereocenters. The average molecular weight is 346 g/mol. The van der Waals surface area contributed by atoms with E-state index in [9.17, 15) is 0 Å². The van der Waals surface area contributed by atoms with Crippen LogP contribution in [0.1, 0.15) is 30.5 Å². The molecule has 26 heavy (non-hydrogen) atoms. The van der Waals surface area contributed by atoms with E-state index in [0.29, 0.717) is 24.9 Å². The van der Waals surface area contributed by atoms with Gasteiger partial charge in [-0.3, -0.25) is 0 Å². The number of allylic oxidation sites excluding steroid dienone is 1. The maximum absolute atomic E-state index is 8.91. The molecule has 0 aliphatic carbocycles. The van der Waals surface area contributed by atoms with Crippen LogP contribution in [0.2, 0.25) is 0 Å². The maximum Gasteiger partial charge on any atom is 0.226 e. The Labute approximate surface area is 153 Å². The first-order chi connectivity index (χ1) is 12.6. The Hall–Kier alpha value is -3.13. The van der Waals surface area contributed by atoms with Gasteiger partial charge in [-0.1, -0.05) is 43.7 Å². The van der Waals surface area contributed by atoms with E-state index in [1.807, 2.05) is 12.3 Å². The molecule has 0 aliphatic rings. The maximum atomic E-state index is 8.91. The molecule has 5 heteroatoms. The molecular formula is C21H22N4O. The fourth-order valence-corrected chi connectivity index (χ4v) is 2.74. The molecule has 1 aromatic carbocycles. The molecular weight excluding hydrogens is 324 g/mol. The normalized spacial score (nSPS) is 11.3. The van der Waals surface area contributed by atoms with Crippen molar-refractivity contribution in [3.8, 4) is 11.9 Å². The molecule has 0 fully saturated rings. The molecule has 0 aliphatic heterocycles. The van der Waals surface area contributed by atoms with Gasteiger partial charge in [0.2, 0.25) is 5.88 Å². The minimum absolute atomic E-state index is 0.396. The smallest absolute Gasteiger partial charge is 0.226 e. The van der Waals surface area contributed by atoms with Crippen LogP contribution >= 0.6 is 0 Å². The SMILES string of the molecule is Cc1ccc(Cn2cc(/C=C\C#N)c3c(OCC(C)C)ncnc32)cc1. The number of hydrogen-bond donors (Lipinski definition) is 0. The molecule has 0 bridgehead atoms. The summed E-state index contributed by atoms with van der Waals surface area (Å²) in [5.74, 6) is 0.955. The lowest BCUT2D eigenvalue weighted by Gasteiger charge is -2.09. The first-order valence-electron chi connectivity index (χ1n) is 8.67. The van der Waals surface area contributed by atoms with Crippen LogP contribution in [-0.2, 0) is 6.54 Å². The van der Waals surface area contributed by atoms with Gasteiger partial charge in [0, 0.05) is 24.4 Å². The minimum atomic E-state index is 0.396. The van der Waals surface area contributed by atoms with Gasteiger partial charge in [-0.2, -0.15) is 5.26 Å². The Morgan fingerprint density at radius 3 is 2.69 bits per heavy atom. The second kappa shape index (κ2) is 7.83. The van der Waals surface area contributed by atoms with Crippen molar-refractivity contribution in [1.29, 1.82) is 5.26 Å². The van der Waals surface area contributed by atoms with Crippen LogP contribution < -0.4 is 4.74 Å². The summed E-state index contributed by atoms with van der Waals surface area (Å²) in [4.78, 5) is 8.78. The van der Waals surface area contributed by atoms with Gasteiger partial charge in [-0.15, -0.1) is 0 Å². The summed E-state index contributed by atoms with van der Waals surface area (Å²) in [5.41, 5.74) is 4.10. The Morgan fingerprint density at radius 1 is 1.23 bits per heavy atom. The van der Waals surface area contributed by atoms with Crippen LogP contribution in [-0.4, -0.2) is 21.1 Å². The highest BCUT2D eigenvalue weighted by Gasteiger charge is 2.15. The first kappa shape index (κ1) is 17.7. The van der Waals surface area contributed by atoms with Crippen LogP contribution in [0.5, 0.6) is 5.88 Å². The molecule has 2 heterocycles. The Morgan fingerprint density at radius 2 is 2.00 bits per heavy atom. The number of benzene rings is 1. The number of rotatable bonds is 6. The van der Waals surface area contributed by atoms with Crippen molar-refractivity contribution in [2.45, 2.75) is 27.3 Å². The molecule has 0 radical (unpaired) electrons. The standard InChI is InChI=1S/C21H22N4O/c1-15(2)13-26-21-19-18(5-4-10-22)12-25(20(19)23-14-24-21)11-17-8-6-16(3)7-9-17/h4-9,12,14-15H,11,13H2,1-3H3/b5-4-. The van der Waals surface area contributed by atoms with Crippen LogP contribution in [0, 0.1) is 24.2 Å². The summed E-state index contributed by atoms with van der Waals surface area (Å²) < 4.78 is 7.97. The summed E-state index contributed by atoms with van der Waals surface area (Å²) in [6.07, 6.45) is 6.76. The van der Waals surface area contributed by atoms with Crippen LogP contribution in [0.15, 0.2) is 42.9 Å². The second-order valence-electron chi connectivity index (χ2n) is 6.74. The fourth-order valence-electron chi connectivity index (χ4n) is 2.74. The molecule has 5 nitrogen and oxygen atoms in total. The van der Waals surface area contributed by atoms with Crippen molar-refractivity contribution < 1.29 is 4.74 Å². The molecule has 3 rings (SSSR count). The van der Waals surface area contributed by atoms with E-state index in [-0.39, 0.29) is 0 Å². The third kappa shape index (κ3) is 3.92. The van der Waals surface area contributed by atoms with E-state index in [2.05, 4.69) is 59.6 Å². The zero-order valence-corrected chi connectivity index (χ0v) is 15.3. The highest BCUT2D eigenvalue weighted by molar-refractivity contribution is 5.91. The number of aromatic nitrogens is 3. The monoisotopic (exact) mass is 346 g/mol. The number of aryl methyl sites for hydroxylation is 1. The molecule has 0 unspecified atom stereocenters. The van der Waals surface area contributed by atoms with Crippen molar-refractivity contribution in [2.75, 3.05) is 6.61 Å². The van der Waals surface area contributed by atoms with Crippen LogP contribution in [0.3, 0.4) is 0 Å². The summed E-state index contributed by atoms with van der Waals surface area (Å²) in [6, 6.07) is 10.5. The van der Waals surface area contributed by atoms with Gasteiger partial charge in [0.25, 0.3) is 0 Å². The number of hydrogen-bond acceptors (Lipinski definition) is 4. The largest absolute Gasteiger partial charge is 0.477 e. The van der Waals surface area contributed by atoms with E-state index in [1.165, 1.54) is 23.5 Å². The number of nitriles is 1. The van der Waals surface area contributed by atoms with Crippen LogP contribution in [0.25, 0.3) is 17.1 Å². The van der Waals surface area contributed by atoms with Gasteiger partial charge in [0.15, 0.2) is 0 Å². The van der Waals surface area contributed by atoms with Gasteiger partial charge >= 0.3 is 0 Å². The number of ether oxygens (including phenoxy) is 1. The molecule has 132 valence electrons. The lowest BCUT2D eigenvalue weighted by Crippen LogP contribution is -2.06. The second-order valence-corrected chi connectivity index (χ2v) is 6.74. The van der Waals surface area contributed by atoms with E-state index in [0.717, 1.165) is 16.6 Å². The van der Waals surface area contributed by atoms with Gasteiger partial charge in [0.05, 0.1) is 18.1 Å². The number of fused-ring (bicyclic) bond motifs is 1. The quantitative estimate of drug-likeness (QED) is 0.622. The van der Waals surface area contributed by atoms with E-state index in [1.54, 1.807) is 6.08 Å². The molecule has 0 saturated heterocycles. The predicted octanol–water partition coefficient (Wildman–Crippen LogP) is 4.36. The zero-order valence-electron chi connectivity index (χ0n) is 15.3. The van der Waals surface area contributed by atoms with E-state index in [4.69, 9.17) is 10.00 Å². The summed E-state index contributed by atoms with van der Waals surface area (Å²) in [6.45, 7) is 7.54. The van der Waals surface area contributed by atoms with Crippen molar-refractivity contribution in [2.24, 2.45) is 5.92 Å². The Bertz CT molecular complexity index is 962. The first-order valence-corrected chi connectivity index (χ1v) is 8.67. The topological polar surface area (TPSA) is 63.7 Å². The summed E-state index contributed by atoms with van der Waals surface area (Å²) in [5, 5.41) is 9.75. The van der Waals surface area contributed by atoms with E-state index < -0.39 is 0 Å². The number of nitrogens with zero attached hydrogens (tertiary/aromatic N) is 4. The molecule has 0 spiro atoms. The lowest BCUT2D eigenvalue weighted by atomic mass is 10.1.